The Morgan fingerprint density at radius 2 is 1.88 bits per heavy atom. The first kappa shape index (κ1) is 22.6. The fraction of sp³-hybridized carbons (Fsp3) is 0.440. The van der Waals surface area contributed by atoms with Crippen molar-refractivity contribution in [2.24, 2.45) is 0 Å². The van der Waals surface area contributed by atoms with Crippen molar-refractivity contribution in [1.29, 1.82) is 0 Å². The Bertz CT molecular complexity index is 1070. The van der Waals surface area contributed by atoms with E-state index in [1.54, 1.807) is 0 Å². The minimum absolute atomic E-state index is 0.249. The Morgan fingerprint density at radius 3 is 2.69 bits per heavy atom. The number of carbonyl (C=O) groups is 1. The lowest BCUT2D eigenvalue weighted by atomic mass is 10.1. The van der Waals surface area contributed by atoms with Crippen molar-refractivity contribution in [3.63, 3.8) is 0 Å². The third kappa shape index (κ3) is 5.81. The van der Waals surface area contributed by atoms with E-state index in [-0.39, 0.29) is 5.91 Å². The summed E-state index contributed by atoms with van der Waals surface area (Å²) in [6.07, 6.45) is 6.23. The van der Waals surface area contributed by atoms with Crippen LogP contribution in [0.2, 0.25) is 5.02 Å². The largest absolute Gasteiger partial charge is 0.493 e. The number of carbonyl (C=O) groups excluding carboxylic acids is 1. The first-order valence-electron chi connectivity index (χ1n) is 11.3. The van der Waals surface area contributed by atoms with Gasteiger partial charge in [0.15, 0.2) is 0 Å². The highest BCUT2D eigenvalue weighted by molar-refractivity contribution is 6.30. The van der Waals surface area contributed by atoms with E-state index in [1.807, 2.05) is 33.8 Å². The van der Waals surface area contributed by atoms with Crippen molar-refractivity contribution >= 4 is 23.2 Å². The lowest BCUT2D eigenvalue weighted by Gasteiger charge is -2.34. The SMILES string of the molecule is Cc1ccc(C)c(OCCCCC(=O)N2CCN(Cc3cn4cc(Cl)ccc4n3)CC2)c1. The summed E-state index contributed by atoms with van der Waals surface area (Å²) in [7, 11) is 0. The molecule has 3 aromatic rings. The number of ether oxygens (including phenoxy) is 1. The molecule has 170 valence electrons. The van der Waals surface area contributed by atoms with Crippen molar-refractivity contribution < 1.29 is 9.53 Å². The van der Waals surface area contributed by atoms with Gasteiger partial charge in [-0.15, -0.1) is 0 Å². The Balaban J connectivity index is 1.15. The molecule has 7 heteroatoms. The maximum Gasteiger partial charge on any atom is 0.222 e. The van der Waals surface area contributed by atoms with Gasteiger partial charge in [-0.3, -0.25) is 9.69 Å². The molecule has 1 aliphatic rings. The molecule has 1 aromatic carbocycles. The van der Waals surface area contributed by atoms with E-state index >= 15 is 0 Å². The van der Waals surface area contributed by atoms with E-state index in [1.165, 1.54) is 5.56 Å². The molecule has 0 atom stereocenters. The fourth-order valence-corrected chi connectivity index (χ4v) is 4.23. The number of piperazine rings is 1. The van der Waals surface area contributed by atoms with Gasteiger partial charge in [0.05, 0.1) is 17.3 Å². The van der Waals surface area contributed by atoms with Crippen LogP contribution in [-0.4, -0.2) is 57.9 Å². The average Bonchev–Trinajstić information content (AvgIpc) is 3.17. The molecule has 0 N–H and O–H groups in total. The second-order valence-electron chi connectivity index (χ2n) is 8.58. The molecule has 3 heterocycles. The number of fused-ring (bicyclic) bond motifs is 1. The third-order valence-electron chi connectivity index (χ3n) is 5.96. The molecule has 1 fully saturated rings. The van der Waals surface area contributed by atoms with Crippen LogP contribution in [0, 0.1) is 13.8 Å². The zero-order chi connectivity index (χ0) is 22.5. The Kier molecular flexibility index (Phi) is 7.33. The topological polar surface area (TPSA) is 50.1 Å². The van der Waals surface area contributed by atoms with Gasteiger partial charge in [-0.25, -0.2) is 4.98 Å². The predicted octanol–water partition coefficient (Wildman–Crippen LogP) is 4.50. The number of benzene rings is 1. The Morgan fingerprint density at radius 1 is 1.06 bits per heavy atom. The molecule has 2 aromatic heterocycles. The maximum absolute atomic E-state index is 12.6. The standard InChI is InChI=1S/C25H31ClN4O2/c1-19-6-7-20(2)23(15-19)32-14-4-3-5-25(31)29-12-10-28(11-13-29)17-22-18-30-16-21(26)8-9-24(30)27-22/h6-9,15-16,18H,3-5,10-14,17H2,1-2H3. The van der Waals surface area contributed by atoms with Gasteiger partial charge in [0.25, 0.3) is 0 Å². The molecule has 0 aliphatic carbocycles. The van der Waals surface area contributed by atoms with Crippen LogP contribution in [-0.2, 0) is 11.3 Å². The number of hydrogen-bond donors (Lipinski definition) is 0. The number of halogens is 1. The van der Waals surface area contributed by atoms with Crippen molar-refractivity contribution in [1.82, 2.24) is 19.2 Å². The minimum atomic E-state index is 0.249. The van der Waals surface area contributed by atoms with Crippen LogP contribution in [0.5, 0.6) is 5.75 Å². The average molecular weight is 455 g/mol. The molecule has 1 saturated heterocycles. The molecule has 4 rings (SSSR count). The highest BCUT2D eigenvalue weighted by Crippen LogP contribution is 2.19. The number of amides is 1. The van der Waals surface area contributed by atoms with Crippen LogP contribution in [0.3, 0.4) is 0 Å². The van der Waals surface area contributed by atoms with E-state index in [2.05, 4.69) is 41.9 Å². The first-order valence-corrected chi connectivity index (χ1v) is 11.7. The molecule has 32 heavy (non-hydrogen) atoms. The maximum atomic E-state index is 12.6. The van der Waals surface area contributed by atoms with Crippen molar-refractivity contribution in [3.8, 4) is 5.75 Å². The number of aryl methyl sites for hydroxylation is 2. The van der Waals surface area contributed by atoms with Gasteiger partial charge >= 0.3 is 0 Å². The zero-order valence-electron chi connectivity index (χ0n) is 18.9. The normalized spacial score (nSPS) is 14.8. The number of unbranched alkanes of at least 4 members (excludes halogenated alkanes) is 1. The van der Waals surface area contributed by atoms with Crippen LogP contribution in [0.25, 0.3) is 5.65 Å². The summed E-state index contributed by atoms with van der Waals surface area (Å²) in [6, 6.07) is 10.0. The van der Waals surface area contributed by atoms with Crippen LogP contribution in [0.1, 0.15) is 36.1 Å². The van der Waals surface area contributed by atoms with Gasteiger partial charge in [-0.05, 0) is 56.0 Å². The molecular weight excluding hydrogens is 424 g/mol. The summed E-state index contributed by atoms with van der Waals surface area (Å²) in [6.45, 7) is 8.85. The van der Waals surface area contributed by atoms with E-state index in [0.717, 1.165) is 68.2 Å². The number of pyridine rings is 1. The number of nitrogens with zero attached hydrogens (tertiary/aromatic N) is 4. The first-order chi connectivity index (χ1) is 15.5. The zero-order valence-corrected chi connectivity index (χ0v) is 19.6. The summed E-state index contributed by atoms with van der Waals surface area (Å²) in [5.74, 6) is 1.19. The van der Waals surface area contributed by atoms with Gasteiger partial charge < -0.3 is 14.0 Å². The molecule has 0 radical (unpaired) electrons. The van der Waals surface area contributed by atoms with Gasteiger partial charge in [0.2, 0.25) is 5.91 Å². The van der Waals surface area contributed by atoms with Crippen molar-refractivity contribution in [2.75, 3.05) is 32.8 Å². The second-order valence-corrected chi connectivity index (χ2v) is 9.01. The van der Waals surface area contributed by atoms with Gasteiger partial charge in [-0.2, -0.15) is 0 Å². The molecular formula is C25H31ClN4O2. The molecule has 0 saturated carbocycles. The molecule has 1 aliphatic heterocycles. The smallest absolute Gasteiger partial charge is 0.222 e. The lowest BCUT2D eigenvalue weighted by Crippen LogP contribution is -2.48. The Hall–Kier alpha value is -2.57. The van der Waals surface area contributed by atoms with E-state index in [9.17, 15) is 4.79 Å². The Labute approximate surface area is 194 Å². The summed E-state index contributed by atoms with van der Waals surface area (Å²) in [5.41, 5.74) is 4.28. The lowest BCUT2D eigenvalue weighted by molar-refractivity contribution is -0.133. The number of imidazole rings is 1. The van der Waals surface area contributed by atoms with Crippen molar-refractivity contribution in [2.45, 2.75) is 39.7 Å². The number of aromatic nitrogens is 2. The number of rotatable bonds is 8. The van der Waals surface area contributed by atoms with Crippen LogP contribution >= 0.6 is 11.6 Å². The van der Waals surface area contributed by atoms with Crippen LogP contribution < -0.4 is 4.74 Å². The van der Waals surface area contributed by atoms with Crippen molar-refractivity contribution in [3.05, 3.63) is 64.6 Å². The minimum Gasteiger partial charge on any atom is -0.493 e. The summed E-state index contributed by atoms with van der Waals surface area (Å²) in [4.78, 5) is 21.6. The monoisotopic (exact) mass is 454 g/mol. The molecule has 0 unspecified atom stereocenters. The number of hydrogen-bond acceptors (Lipinski definition) is 4. The van der Waals surface area contributed by atoms with Crippen LogP contribution in [0.4, 0.5) is 0 Å². The fourth-order valence-electron chi connectivity index (χ4n) is 4.06. The molecule has 6 nitrogen and oxygen atoms in total. The third-order valence-corrected chi connectivity index (χ3v) is 6.19. The van der Waals surface area contributed by atoms with E-state index in [0.29, 0.717) is 18.1 Å². The highest BCUT2D eigenvalue weighted by Gasteiger charge is 2.21. The predicted molar refractivity (Wildman–Crippen MR) is 127 cm³/mol. The molecule has 1 amide bonds. The van der Waals surface area contributed by atoms with Crippen LogP contribution in [0.15, 0.2) is 42.7 Å². The van der Waals surface area contributed by atoms with E-state index < -0.39 is 0 Å². The molecule has 0 spiro atoms. The highest BCUT2D eigenvalue weighted by atomic mass is 35.5. The quantitative estimate of drug-likeness (QED) is 0.470. The van der Waals surface area contributed by atoms with Gasteiger partial charge in [0, 0.05) is 51.5 Å². The summed E-state index contributed by atoms with van der Waals surface area (Å²) < 4.78 is 7.86. The van der Waals surface area contributed by atoms with Gasteiger partial charge in [-0.1, -0.05) is 23.7 Å². The second kappa shape index (κ2) is 10.4. The van der Waals surface area contributed by atoms with Gasteiger partial charge in [0.1, 0.15) is 11.4 Å². The summed E-state index contributed by atoms with van der Waals surface area (Å²) in [5, 5.41) is 0.699. The van der Waals surface area contributed by atoms with E-state index in [4.69, 9.17) is 16.3 Å². The summed E-state index contributed by atoms with van der Waals surface area (Å²) >= 11 is 6.06. The molecule has 0 bridgehead atoms.